The lowest BCUT2D eigenvalue weighted by atomic mass is 9.98. The van der Waals surface area contributed by atoms with E-state index in [0.717, 1.165) is 35.8 Å². The molecule has 0 amide bonds. The summed E-state index contributed by atoms with van der Waals surface area (Å²) >= 11 is 0. The predicted octanol–water partition coefficient (Wildman–Crippen LogP) is 4.13. The van der Waals surface area contributed by atoms with Gasteiger partial charge in [0, 0.05) is 19.2 Å². The standard InChI is InChI=1S/C23H19F2N3O2/c24-17-11-18-22(28-23(29)27-18)21(25)20(17)16-7-3-14(4-8-16)13-1-5-15(6-2-13)19-12-26-9-10-30-19/h1-8,11,19,26H,9-10,12H2,(H2,27,28,29). The fraction of sp³-hybridized carbons (Fsp3) is 0.174. The van der Waals surface area contributed by atoms with Crippen LogP contribution in [0.5, 0.6) is 0 Å². The minimum atomic E-state index is -0.790. The summed E-state index contributed by atoms with van der Waals surface area (Å²) in [6, 6.07) is 16.2. The van der Waals surface area contributed by atoms with E-state index in [1.54, 1.807) is 12.1 Å². The third kappa shape index (κ3) is 3.32. The average molecular weight is 407 g/mol. The summed E-state index contributed by atoms with van der Waals surface area (Å²) in [4.78, 5) is 16.2. The number of ether oxygens (including phenoxy) is 1. The maximum atomic E-state index is 14.8. The van der Waals surface area contributed by atoms with E-state index in [1.807, 2.05) is 36.4 Å². The van der Waals surface area contributed by atoms with Gasteiger partial charge in [0.05, 0.1) is 23.8 Å². The SMILES string of the molecule is O=c1[nH]c2cc(F)c(-c3ccc(-c4ccc(C5CNCCO5)cc4)cc3)c(F)c2[nH]1. The van der Waals surface area contributed by atoms with Crippen LogP contribution < -0.4 is 11.0 Å². The largest absolute Gasteiger partial charge is 0.371 e. The molecule has 0 bridgehead atoms. The number of imidazole rings is 1. The minimum Gasteiger partial charge on any atom is -0.371 e. The fourth-order valence-electron chi connectivity index (χ4n) is 3.87. The van der Waals surface area contributed by atoms with Crippen molar-refractivity contribution in [3.8, 4) is 22.3 Å². The molecule has 0 saturated carbocycles. The van der Waals surface area contributed by atoms with Gasteiger partial charge in [0.1, 0.15) is 11.3 Å². The second kappa shape index (κ2) is 7.51. The first-order valence-electron chi connectivity index (χ1n) is 9.73. The van der Waals surface area contributed by atoms with Gasteiger partial charge in [-0.05, 0) is 22.3 Å². The first-order valence-corrected chi connectivity index (χ1v) is 9.73. The topological polar surface area (TPSA) is 69.9 Å². The van der Waals surface area contributed by atoms with Crippen molar-refractivity contribution in [3.05, 3.63) is 82.3 Å². The molecule has 152 valence electrons. The van der Waals surface area contributed by atoms with Gasteiger partial charge < -0.3 is 20.0 Å². The highest BCUT2D eigenvalue weighted by atomic mass is 19.1. The summed E-state index contributed by atoms with van der Waals surface area (Å²) in [5.74, 6) is -1.52. The normalized spacial score (nSPS) is 16.8. The Kier molecular flexibility index (Phi) is 4.69. The maximum Gasteiger partial charge on any atom is 0.323 e. The molecule has 7 heteroatoms. The number of H-pyrrole nitrogens is 2. The Morgan fingerprint density at radius 3 is 2.23 bits per heavy atom. The first-order chi connectivity index (χ1) is 14.6. The third-order valence-corrected chi connectivity index (χ3v) is 5.42. The zero-order chi connectivity index (χ0) is 20.7. The molecule has 3 N–H and O–H groups in total. The first kappa shape index (κ1) is 18.7. The van der Waals surface area contributed by atoms with Gasteiger partial charge in [0.2, 0.25) is 0 Å². The molecule has 1 saturated heterocycles. The zero-order valence-corrected chi connectivity index (χ0v) is 16.0. The van der Waals surface area contributed by atoms with Crippen LogP contribution in [0.1, 0.15) is 11.7 Å². The second-order valence-electron chi connectivity index (χ2n) is 7.31. The van der Waals surface area contributed by atoms with Crippen LogP contribution in [0.3, 0.4) is 0 Å². The van der Waals surface area contributed by atoms with Gasteiger partial charge >= 0.3 is 5.69 Å². The molecular weight excluding hydrogens is 388 g/mol. The lowest BCUT2D eigenvalue weighted by molar-refractivity contribution is 0.0277. The number of hydrogen-bond donors (Lipinski definition) is 3. The number of hydrogen-bond acceptors (Lipinski definition) is 3. The van der Waals surface area contributed by atoms with Crippen LogP contribution in [-0.2, 0) is 4.74 Å². The van der Waals surface area contributed by atoms with E-state index in [2.05, 4.69) is 15.3 Å². The Hall–Kier alpha value is -3.29. The second-order valence-corrected chi connectivity index (χ2v) is 7.31. The van der Waals surface area contributed by atoms with E-state index in [0.29, 0.717) is 12.2 Å². The van der Waals surface area contributed by atoms with Gasteiger partial charge in [-0.3, -0.25) is 0 Å². The Morgan fingerprint density at radius 2 is 1.57 bits per heavy atom. The molecule has 1 aromatic heterocycles. The van der Waals surface area contributed by atoms with Crippen molar-refractivity contribution in [1.82, 2.24) is 15.3 Å². The highest BCUT2D eigenvalue weighted by Gasteiger charge is 2.18. The molecule has 5 nitrogen and oxygen atoms in total. The van der Waals surface area contributed by atoms with Crippen molar-refractivity contribution in [3.63, 3.8) is 0 Å². The minimum absolute atomic E-state index is 0.0320. The van der Waals surface area contributed by atoms with Crippen molar-refractivity contribution < 1.29 is 13.5 Å². The van der Waals surface area contributed by atoms with E-state index in [1.165, 1.54) is 0 Å². The molecule has 1 fully saturated rings. The van der Waals surface area contributed by atoms with Crippen LogP contribution in [0.25, 0.3) is 33.3 Å². The average Bonchev–Trinajstić information content (AvgIpc) is 3.15. The van der Waals surface area contributed by atoms with Gasteiger partial charge in [-0.2, -0.15) is 0 Å². The Balaban J connectivity index is 1.45. The van der Waals surface area contributed by atoms with Gasteiger partial charge in [-0.15, -0.1) is 0 Å². The van der Waals surface area contributed by atoms with E-state index in [4.69, 9.17) is 4.74 Å². The van der Waals surface area contributed by atoms with Gasteiger partial charge in [0.15, 0.2) is 5.82 Å². The molecule has 30 heavy (non-hydrogen) atoms. The predicted molar refractivity (Wildman–Crippen MR) is 111 cm³/mol. The van der Waals surface area contributed by atoms with Crippen molar-refractivity contribution in [2.75, 3.05) is 19.7 Å². The number of fused-ring (bicyclic) bond motifs is 1. The van der Waals surface area contributed by atoms with E-state index < -0.39 is 17.3 Å². The molecule has 2 heterocycles. The van der Waals surface area contributed by atoms with Crippen LogP contribution in [0.15, 0.2) is 59.4 Å². The van der Waals surface area contributed by atoms with E-state index >= 15 is 0 Å². The zero-order valence-electron chi connectivity index (χ0n) is 16.0. The Bertz CT molecular complexity index is 1250. The van der Waals surface area contributed by atoms with Gasteiger partial charge in [0.25, 0.3) is 0 Å². The Labute approximate surface area is 170 Å². The fourth-order valence-corrected chi connectivity index (χ4v) is 3.87. The summed E-state index contributed by atoms with van der Waals surface area (Å²) in [5.41, 5.74) is 2.78. The monoisotopic (exact) mass is 407 g/mol. The summed E-state index contributed by atoms with van der Waals surface area (Å²) in [7, 11) is 0. The maximum absolute atomic E-state index is 14.8. The molecule has 1 atom stereocenters. The third-order valence-electron chi connectivity index (χ3n) is 5.42. The van der Waals surface area contributed by atoms with Crippen molar-refractivity contribution in [2.45, 2.75) is 6.10 Å². The number of nitrogens with one attached hydrogen (secondary N) is 3. The van der Waals surface area contributed by atoms with Crippen molar-refractivity contribution in [2.24, 2.45) is 0 Å². The quantitative estimate of drug-likeness (QED) is 0.478. The number of aromatic nitrogens is 2. The summed E-state index contributed by atoms with van der Waals surface area (Å²) in [5, 5.41) is 3.32. The molecule has 4 aromatic rings. The van der Waals surface area contributed by atoms with Crippen LogP contribution in [0, 0.1) is 11.6 Å². The van der Waals surface area contributed by atoms with Crippen LogP contribution in [0.4, 0.5) is 8.78 Å². The lowest BCUT2D eigenvalue weighted by Crippen LogP contribution is -2.33. The summed E-state index contributed by atoms with van der Waals surface area (Å²) in [6.07, 6.45) is 0.0518. The number of halogens is 2. The number of rotatable bonds is 3. The van der Waals surface area contributed by atoms with Crippen molar-refractivity contribution >= 4 is 11.0 Å². The van der Waals surface area contributed by atoms with Crippen LogP contribution in [-0.4, -0.2) is 29.7 Å². The van der Waals surface area contributed by atoms with Gasteiger partial charge in [-0.25, -0.2) is 13.6 Å². The van der Waals surface area contributed by atoms with E-state index in [9.17, 15) is 13.6 Å². The molecule has 0 radical (unpaired) electrons. The molecule has 0 spiro atoms. The molecule has 1 aliphatic rings. The smallest absolute Gasteiger partial charge is 0.323 e. The number of morpholine rings is 1. The Morgan fingerprint density at radius 1 is 0.900 bits per heavy atom. The number of benzene rings is 3. The molecular formula is C23H19F2N3O2. The van der Waals surface area contributed by atoms with Gasteiger partial charge in [-0.1, -0.05) is 48.5 Å². The molecule has 0 aliphatic carbocycles. The highest BCUT2D eigenvalue weighted by Crippen LogP contribution is 2.32. The molecule has 5 rings (SSSR count). The molecule has 1 unspecified atom stereocenters. The highest BCUT2D eigenvalue weighted by molar-refractivity contribution is 5.83. The summed E-state index contributed by atoms with van der Waals surface area (Å²) in [6.45, 7) is 2.36. The molecule has 3 aromatic carbocycles. The van der Waals surface area contributed by atoms with Crippen LogP contribution in [0.2, 0.25) is 0 Å². The summed E-state index contributed by atoms with van der Waals surface area (Å²) < 4.78 is 35.1. The van der Waals surface area contributed by atoms with E-state index in [-0.39, 0.29) is 22.7 Å². The number of aromatic amines is 2. The van der Waals surface area contributed by atoms with Crippen molar-refractivity contribution in [1.29, 1.82) is 0 Å². The van der Waals surface area contributed by atoms with Crippen LogP contribution >= 0.6 is 0 Å². The molecule has 1 aliphatic heterocycles. The lowest BCUT2D eigenvalue weighted by Gasteiger charge is -2.24.